The van der Waals surface area contributed by atoms with Crippen LogP contribution in [0.1, 0.15) is 6.42 Å². The van der Waals surface area contributed by atoms with Crippen LogP contribution in [0.15, 0.2) is 16.9 Å². The third kappa shape index (κ3) is 1.11. The molecule has 1 unspecified atom stereocenters. The van der Waals surface area contributed by atoms with Crippen LogP contribution < -0.4 is 10.6 Å². The Balaban J connectivity index is 2.18. The first-order valence-electron chi connectivity index (χ1n) is 3.63. The molecule has 1 fully saturated rings. The Morgan fingerprint density at radius 3 is 3.45 bits per heavy atom. The molecule has 2 rings (SSSR count). The maximum Gasteiger partial charge on any atom is 0.319 e. The number of fused-ring (bicyclic) bond motifs is 1. The third-order valence-electron chi connectivity index (χ3n) is 1.92. The van der Waals surface area contributed by atoms with E-state index in [4.69, 9.17) is 0 Å². The molecule has 0 bridgehead atoms. The topological polar surface area (TPSA) is 53.5 Å². The molecule has 58 valence electrons. The average Bonchev–Trinajstić information content (AvgIpc) is 2.04. The molecule has 4 nitrogen and oxygen atoms in total. The van der Waals surface area contributed by atoms with Gasteiger partial charge in [0.1, 0.15) is 0 Å². The second kappa shape index (κ2) is 2.38. The number of carbonyl (C=O) groups is 1. The summed E-state index contributed by atoms with van der Waals surface area (Å²) in [4.78, 5) is 14.8. The van der Waals surface area contributed by atoms with Crippen molar-refractivity contribution in [2.45, 2.75) is 6.42 Å². The Morgan fingerprint density at radius 1 is 1.64 bits per heavy atom. The van der Waals surface area contributed by atoms with Crippen LogP contribution in [0.5, 0.6) is 0 Å². The van der Waals surface area contributed by atoms with Gasteiger partial charge in [-0.1, -0.05) is 0 Å². The number of carbonyl (C=O) groups excluding carboxylic acids is 1. The van der Waals surface area contributed by atoms with E-state index in [9.17, 15) is 4.79 Å². The van der Waals surface area contributed by atoms with E-state index in [0.717, 1.165) is 18.7 Å². The van der Waals surface area contributed by atoms with Gasteiger partial charge in [0, 0.05) is 30.6 Å². The number of urea groups is 1. The van der Waals surface area contributed by atoms with Crippen LogP contribution in [-0.2, 0) is 0 Å². The van der Waals surface area contributed by atoms with E-state index < -0.39 is 0 Å². The molecule has 2 aliphatic heterocycles. The van der Waals surface area contributed by atoms with E-state index >= 15 is 0 Å². The lowest BCUT2D eigenvalue weighted by molar-refractivity contribution is 0.235. The summed E-state index contributed by atoms with van der Waals surface area (Å²) in [5.41, 5.74) is 0.941. The summed E-state index contributed by atoms with van der Waals surface area (Å²) in [7, 11) is 0. The molecule has 11 heavy (non-hydrogen) atoms. The number of hydrogen-bond donors (Lipinski definition) is 2. The van der Waals surface area contributed by atoms with Crippen molar-refractivity contribution in [1.82, 2.24) is 10.6 Å². The van der Waals surface area contributed by atoms with Crippen molar-refractivity contribution in [2.75, 3.05) is 6.54 Å². The maximum atomic E-state index is 10.8. The van der Waals surface area contributed by atoms with E-state index in [1.807, 2.05) is 6.21 Å². The largest absolute Gasteiger partial charge is 0.337 e. The molecule has 0 aliphatic carbocycles. The Kier molecular flexibility index (Phi) is 1.38. The number of aliphatic imine (C=N–C) groups is 1. The summed E-state index contributed by atoms with van der Waals surface area (Å²) in [5.74, 6) is 0.408. The summed E-state index contributed by atoms with van der Waals surface area (Å²) < 4.78 is 0. The molecule has 1 atom stereocenters. The van der Waals surface area contributed by atoms with Gasteiger partial charge in [-0.05, 0) is 6.42 Å². The van der Waals surface area contributed by atoms with Gasteiger partial charge in [-0.2, -0.15) is 0 Å². The van der Waals surface area contributed by atoms with Crippen LogP contribution in [0.25, 0.3) is 0 Å². The summed E-state index contributed by atoms with van der Waals surface area (Å²) in [6.07, 6.45) is 4.50. The zero-order chi connectivity index (χ0) is 7.68. The van der Waals surface area contributed by atoms with Gasteiger partial charge in [-0.15, -0.1) is 0 Å². The lowest BCUT2D eigenvalue weighted by atomic mass is 9.99. The number of nitrogens with zero attached hydrogens (tertiary/aromatic N) is 1. The van der Waals surface area contributed by atoms with Gasteiger partial charge in [0.25, 0.3) is 0 Å². The third-order valence-corrected chi connectivity index (χ3v) is 1.92. The molecule has 0 saturated carbocycles. The maximum absolute atomic E-state index is 10.8. The Bertz CT molecular complexity index is 244. The van der Waals surface area contributed by atoms with E-state index in [1.54, 1.807) is 6.20 Å². The summed E-state index contributed by atoms with van der Waals surface area (Å²) in [5, 5.41) is 5.44. The average molecular weight is 151 g/mol. The van der Waals surface area contributed by atoms with Crippen LogP contribution in [-0.4, -0.2) is 18.8 Å². The monoisotopic (exact) mass is 151 g/mol. The minimum Gasteiger partial charge on any atom is -0.337 e. The minimum atomic E-state index is -0.121. The Labute approximate surface area is 64.4 Å². The molecule has 1 saturated heterocycles. The van der Waals surface area contributed by atoms with Gasteiger partial charge in [-0.3, -0.25) is 4.99 Å². The van der Waals surface area contributed by atoms with Crippen LogP contribution in [0.3, 0.4) is 0 Å². The number of amides is 2. The first-order valence-corrected chi connectivity index (χ1v) is 3.63. The van der Waals surface area contributed by atoms with Gasteiger partial charge in [0.15, 0.2) is 0 Å². The summed E-state index contributed by atoms with van der Waals surface area (Å²) in [6, 6.07) is -0.121. The van der Waals surface area contributed by atoms with Gasteiger partial charge in [0.2, 0.25) is 0 Å². The summed E-state index contributed by atoms with van der Waals surface area (Å²) >= 11 is 0. The van der Waals surface area contributed by atoms with Crippen molar-refractivity contribution >= 4 is 12.2 Å². The van der Waals surface area contributed by atoms with Crippen molar-refractivity contribution in [3.05, 3.63) is 11.9 Å². The molecular formula is C7H9N3O. The Morgan fingerprint density at radius 2 is 2.55 bits per heavy atom. The quantitative estimate of drug-likeness (QED) is 0.511. The van der Waals surface area contributed by atoms with Crippen LogP contribution >= 0.6 is 0 Å². The van der Waals surface area contributed by atoms with Crippen molar-refractivity contribution in [2.24, 2.45) is 10.9 Å². The van der Waals surface area contributed by atoms with Gasteiger partial charge in [0.05, 0.1) is 0 Å². The predicted octanol–water partition coefficient (Wildman–Crippen LogP) is 0.231. The van der Waals surface area contributed by atoms with Crippen molar-refractivity contribution in [1.29, 1.82) is 0 Å². The number of nitrogens with one attached hydrogen (secondary N) is 2. The first-order chi connectivity index (χ1) is 5.36. The van der Waals surface area contributed by atoms with Gasteiger partial charge >= 0.3 is 6.03 Å². The predicted molar refractivity (Wildman–Crippen MR) is 41.2 cm³/mol. The highest BCUT2D eigenvalue weighted by molar-refractivity contribution is 5.78. The van der Waals surface area contributed by atoms with Gasteiger partial charge < -0.3 is 10.6 Å². The number of hydrogen-bond acceptors (Lipinski definition) is 2. The smallest absolute Gasteiger partial charge is 0.319 e. The summed E-state index contributed by atoms with van der Waals surface area (Å²) in [6.45, 7) is 0.726. The van der Waals surface area contributed by atoms with E-state index in [1.165, 1.54) is 0 Å². The molecule has 0 aromatic heterocycles. The van der Waals surface area contributed by atoms with Crippen molar-refractivity contribution in [3.8, 4) is 0 Å². The molecule has 0 aromatic rings. The second-order valence-corrected chi connectivity index (χ2v) is 2.68. The standard InChI is InChI=1S/C7H9N3O/c11-7-9-3-5-1-2-8-4-6(5)10-7/h2,4-5H,1,3H2,(H2,9,10,11). The first kappa shape index (κ1) is 6.39. The molecule has 0 radical (unpaired) electrons. The zero-order valence-electron chi connectivity index (χ0n) is 6.00. The highest BCUT2D eigenvalue weighted by atomic mass is 16.2. The SMILES string of the molecule is O=C1NCC2CC=NC=C2N1. The van der Waals surface area contributed by atoms with Crippen molar-refractivity contribution < 1.29 is 4.79 Å². The molecule has 2 aliphatic rings. The molecule has 4 heteroatoms. The molecular weight excluding hydrogens is 142 g/mol. The fourth-order valence-corrected chi connectivity index (χ4v) is 1.27. The molecule has 0 spiro atoms. The van der Waals surface area contributed by atoms with Crippen molar-refractivity contribution in [3.63, 3.8) is 0 Å². The molecule has 2 amide bonds. The van der Waals surface area contributed by atoms with Crippen LogP contribution in [0.2, 0.25) is 0 Å². The minimum absolute atomic E-state index is 0.121. The molecule has 0 aromatic carbocycles. The molecule has 2 heterocycles. The molecule has 2 N–H and O–H groups in total. The van der Waals surface area contributed by atoms with Gasteiger partial charge in [-0.25, -0.2) is 4.79 Å². The fraction of sp³-hybridized carbons (Fsp3) is 0.429. The normalized spacial score (nSPS) is 28.2. The van der Waals surface area contributed by atoms with Crippen LogP contribution in [0, 0.1) is 5.92 Å². The lowest BCUT2D eigenvalue weighted by Crippen LogP contribution is -2.47. The van der Waals surface area contributed by atoms with E-state index in [0.29, 0.717) is 5.92 Å². The Hall–Kier alpha value is -1.32. The zero-order valence-corrected chi connectivity index (χ0v) is 6.00. The fourth-order valence-electron chi connectivity index (χ4n) is 1.27. The van der Waals surface area contributed by atoms with E-state index in [2.05, 4.69) is 15.6 Å². The lowest BCUT2D eigenvalue weighted by Gasteiger charge is -2.26. The second-order valence-electron chi connectivity index (χ2n) is 2.68. The van der Waals surface area contributed by atoms with Crippen LogP contribution in [0.4, 0.5) is 4.79 Å². The highest BCUT2D eigenvalue weighted by Crippen LogP contribution is 2.16. The highest BCUT2D eigenvalue weighted by Gasteiger charge is 2.22. The number of rotatable bonds is 0. The van der Waals surface area contributed by atoms with E-state index in [-0.39, 0.29) is 6.03 Å².